The van der Waals surface area contributed by atoms with Crippen molar-refractivity contribution in [3.8, 4) is 0 Å². The van der Waals surface area contributed by atoms with Crippen LogP contribution in [-0.4, -0.2) is 8.42 Å². The molecule has 1 aromatic carbocycles. The lowest BCUT2D eigenvalue weighted by molar-refractivity contribution is 0.604. The number of hydrogen-bond acceptors (Lipinski definition) is 2. The molecule has 0 aliphatic carbocycles. The third-order valence-corrected chi connectivity index (χ3v) is 3.74. The molecule has 0 N–H and O–H groups in total. The molecule has 0 aromatic heterocycles. The SMILES string of the molecule is CCCCCC=C=CS(=O)(=O)c1ccccc1. The molecule has 0 aliphatic heterocycles. The van der Waals surface area contributed by atoms with Crippen LogP contribution in [0, 0.1) is 0 Å². The first-order valence-electron chi connectivity index (χ1n) is 5.88. The Morgan fingerprint density at radius 2 is 1.88 bits per heavy atom. The summed E-state index contributed by atoms with van der Waals surface area (Å²) in [6.07, 6.45) is 6.09. The molecule has 0 unspecified atom stereocenters. The van der Waals surface area contributed by atoms with Crippen LogP contribution in [0.1, 0.15) is 32.6 Å². The second-order valence-electron chi connectivity index (χ2n) is 3.84. The van der Waals surface area contributed by atoms with E-state index in [1.807, 2.05) is 0 Å². The average molecular weight is 250 g/mol. The maximum atomic E-state index is 11.8. The maximum absolute atomic E-state index is 11.8. The summed E-state index contributed by atoms with van der Waals surface area (Å²) in [4.78, 5) is 0.314. The fraction of sp³-hybridized carbons (Fsp3) is 0.357. The normalized spacial score (nSPS) is 10.6. The van der Waals surface area contributed by atoms with E-state index in [-0.39, 0.29) is 0 Å². The highest BCUT2D eigenvalue weighted by atomic mass is 32.2. The van der Waals surface area contributed by atoms with E-state index in [9.17, 15) is 8.42 Å². The van der Waals surface area contributed by atoms with Gasteiger partial charge in [-0.05, 0) is 31.1 Å². The van der Waals surface area contributed by atoms with Crippen molar-refractivity contribution in [1.82, 2.24) is 0 Å². The molecular weight excluding hydrogens is 232 g/mol. The summed E-state index contributed by atoms with van der Waals surface area (Å²) in [7, 11) is -3.32. The highest BCUT2D eigenvalue weighted by molar-refractivity contribution is 7.94. The second-order valence-corrected chi connectivity index (χ2v) is 5.64. The molecule has 0 saturated carbocycles. The van der Waals surface area contributed by atoms with Crippen molar-refractivity contribution in [2.45, 2.75) is 37.5 Å². The Labute approximate surface area is 104 Å². The van der Waals surface area contributed by atoms with E-state index in [0.717, 1.165) is 18.2 Å². The van der Waals surface area contributed by atoms with Gasteiger partial charge in [0.2, 0.25) is 9.84 Å². The molecular formula is C14H18O2S. The average Bonchev–Trinajstić information content (AvgIpc) is 2.35. The molecule has 1 aromatic rings. The highest BCUT2D eigenvalue weighted by Crippen LogP contribution is 2.10. The molecule has 0 heterocycles. The standard InChI is InChI=1S/C14H18O2S/c1-2-3-4-5-6-10-13-17(15,16)14-11-8-7-9-12-14/h6-9,11-13H,2-5H2,1H3. The summed E-state index contributed by atoms with van der Waals surface area (Å²) < 4.78 is 23.6. The van der Waals surface area contributed by atoms with Crippen LogP contribution in [-0.2, 0) is 9.84 Å². The van der Waals surface area contributed by atoms with Crippen LogP contribution in [0.2, 0.25) is 0 Å². The van der Waals surface area contributed by atoms with Gasteiger partial charge in [0.25, 0.3) is 0 Å². The number of benzene rings is 1. The predicted octanol–water partition coefficient (Wildman–Crippen LogP) is 3.71. The number of rotatable bonds is 6. The third kappa shape index (κ3) is 5.03. The van der Waals surface area contributed by atoms with Crippen LogP contribution >= 0.6 is 0 Å². The van der Waals surface area contributed by atoms with Crippen molar-refractivity contribution >= 4 is 9.84 Å². The van der Waals surface area contributed by atoms with E-state index in [2.05, 4.69) is 12.7 Å². The Balaban J connectivity index is 2.64. The Morgan fingerprint density at radius 1 is 1.18 bits per heavy atom. The predicted molar refractivity (Wildman–Crippen MR) is 70.4 cm³/mol. The Morgan fingerprint density at radius 3 is 2.53 bits per heavy atom. The van der Waals surface area contributed by atoms with Crippen molar-refractivity contribution in [2.75, 3.05) is 0 Å². The summed E-state index contributed by atoms with van der Waals surface area (Å²) in [5.74, 6) is 0. The molecule has 1 rings (SSSR count). The van der Waals surface area contributed by atoms with Gasteiger partial charge in [0, 0.05) is 0 Å². The number of allylic oxidation sites excluding steroid dienone is 1. The first-order valence-corrected chi connectivity index (χ1v) is 7.42. The number of unbranched alkanes of at least 4 members (excludes halogenated alkanes) is 3. The Hall–Kier alpha value is -1.31. The van der Waals surface area contributed by atoms with Crippen molar-refractivity contribution in [3.63, 3.8) is 0 Å². The Kier molecular flexibility index (Phi) is 5.75. The van der Waals surface area contributed by atoms with Gasteiger partial charge in [-0.15, -0.1) is 5.73 Å². The van der Waals surface area contributed by atoms with Crippen molar-refractivity contribution in [2.24, 2.45) is 0 Å². The van der Waals surface area contributed by atoms with Gasteiger partial charge < -0.3 is 0 Å². The highest BCUT2D eigenvalue weighted by Gasteiger charge is 2.07. The maximum Gasteiger partial charge on any atom is 0.207 e. The molecule has 17 heavy (non-hydrogen) atoms. The minimum atomic E-state index is -3.32. The molecule has 0 radical (unpaired) electrons. The molecule has 0 fully saturated rings. The molecule has 0 bridgehead atoms. The van der Waals surface area contributed by atoms with Gasteiger partial charge in [0.1, 0.15) is 0 Å². The summed E-state index contributed by atoms with van der Waals surface area (Å²) in [5.41, 5.74) is 2.75. The summed E-state index contributed by atoms with van der Waals surface area (Å²) in [6.45, 7) is 2.14. The topological polar surface area (TPSA) is 34.1 Å². The fourth-order valence-electron chi connectivity index (χ4n) is 1.40. The van der Waals surface area contributed by atoms with Crippen LogP contribution in [0.4, 0.5) is 0 Å². The van der Waals surface area contributed by atoms with Crippen molar-refractivity contribution < 1.29 is 8.42 Å². The zero-order valence-electron chi connectivity index (χ0n) is 10.1. The minimum Gasteiger partial charge on any atom is -0.218 e. The van der Waals surface area contributed by atoms with Gasteiger partial charge in [0.15, 0.2) is 0 Å². The zero-order chi connectivity index (χ0) is 12.6. The lowest BCUT2D eigenvalue weighted by Crippen LogP contribution is -1.94. The fourth-order valence-corrected chi connectivity index (χ4v) is 2.34. The third-order valence-electron chi connectivity index (χ3n) is 2.36. The van der Waals surface area contributed by atoms with E-state index in [1.165, 1.54) is 12.8 Å². The van der Waals surface area contributed by atoms with Crippen LogP contribution in [0.5, 0.6) is 0 Å². The lowest BCUT2D eigenvalue weighted by atomic mass is 10.2. The van der Waals surface area contributed by atoms with E-state index >= 15 is 0 Å². The van der Waals surface area contributed by atoms with Crippen molar-refractivity contribution in [1.29, 1.82) is 0 Å². The first kappa shape index (κ1) is 13.8. The monoisotopic (exact) mass is 250 g/mol. The molecule has 2 nitrogen and oxygen atoms in total. The zero-order valence-corrected chi connectivity index (χ0v) is 10.9. The molecule has 0 aliphatic rings. The summed E-state index contributed by atoms with van der Waals surface area (Å²) >= 11 is 0. The summed E-state index contributed by atoms with van der Waals surface area (Å²) in [5, 5.41) is 1.15. The van der Waals surface area contributed by atoms with Crippen LogP contribution in [0.3, 0.4) is 0 Å². The lowest BCUT2D eigenvalue weighted by Gasteiger charge is -1.95. The van der Waals surface area contributed by atoms with Crippen molar-refractivity contribution in [3.05, 3.63) is 47.5 Å². The Bertz CT molecular complexity index is 480. The molecule has 3 heteroatoms. The van der Waals surface area contributed by atoms with Crippen LogP contribution in [0.15, 0.2) is 52.4 Å². The van der Waals surface area contributed by atoms with Gasteiger partial charge in [0.05, 0.1) is 10.3 Å². The van der Waals surface area contributed by atoms with Gasteiger partial charge in [-0.2, -0.15) is 0 Å². The molecule has 0 atom stereocenters. The molecule has 0 amide bonds. The molecule has 0 spiro atoms. The van der Waals surface area contributed by atoms with E-state index in [0.29, 0.717) is 4.90 Å². The first-order chi connectivity index (χ1) is 8.17. The number of hydrogen-bond donors (Lipinski definition) is 0. The van der Waals surface area contributed by atoms with Crippen LogP contribution in [0.25, 0.3) is 0 Å². The second kappa shape index (κ2) is 7.10. The van der Waals surface area contributed by atoms with Gasteiger partial charge >= 0.3 is 0 Å². The van der Waals surface area contributed by atoms with Gasteiger partial charge in [-0.3, -0.25) is 0 Å². The minimum absolute atomic E-state index is 0.314. The van der Waals surface area contributed by atoms with Gasteiger partial charge in [-0.1, -0.05) is 38.0 Å². The van der Waals surface area contributed by atoms with Gasteiger partial charge in [-0.25, -0.2) is 8.42 Å². The van der Waals surface area contributed by atoms with Crippen LogP contribution < -0.4 is 0 Å². The smallest absolute Gasteiger partial charge is 0.207 e. The quantitative estimate of drug-likeness (QED) is 0.569. The van der Waals surface area contributed by atoms with E-state index in [4.69, 9.17) is 0 Å². The largest absolute Gasteiger partial charge is 0.218 e. The van der Waals surface area contributed by atoms with E-state index in [1.54, 1.807) is 36.4 Å². The molecule has 0 saturated heterocycles. The van der Waals surface area contributed by atoms with E-state index < -0.39 is 9.84 Å². The number of sulfone groups is 1. The summed E-state index contributed by atoms with van der Waals surface area (Å²) in [6, 6.07) is 8.40. The molecule has 92 valence electrons.